The van der Waals surface area contributed by atoms with Crippen molar-refractivity contribution in [3.63, 3.8) is 0 Å². The molecule has 1 amide bonds. The maximum absolute atomic E-state index is 11.8. The average molecular weight is 332 g/mol. The molecule has 0 heterocycles. The van der Waals surface area contributed by atoms with E-state index in [0.717, 1.165) is 19.4 Å². The van der Waals surface area contributed by atoms with E-state index in [1.807, 2.05) is 26.8 Å². The summed E-state index contributed by atoms with van der Waals surface area (Å²) in [5, 5.41) is 9.19. The number of unbranched alkanes of at least 4 members (excludes halogenated alkanes) is 2. The first-order valence-corrected chi connectivity index (χ1v) is 8.70. The molecule has 0 saturated carbocycles. The number of hydrogen-bond donors (Lipinski definition) is 3. The molecule has 3 N–H and O–H groups in total. The molecule has 1 rings (SSSR count). The van der Waals surface area contributed by atoms with Gasteiger partial charge in [-0.25, -0.2) is 0 Å². The van der Waals surface area contributed by atoms with Crippen LogP contribution in [0.2, 0.25) is 0 Å². The van der Waals surface area contributed by atoms with E-state index in [4.69, 9.17) is 0 Å². The molecule has 134 valence electrons. The summed E-state index contributed by atoms with van der Waals surface area (Å²) in [6.45, 7) is 6.98. The number of amides is 1. The zero-order valence-corrected chi connectivity index (χ0v) is 15.5. The fraction of sp³-hybridized carbons (Fsp3) is 0.579. The molecule has 0 radical (unpaired) electrons. The molecule has 0 spiro atoms. The number of carbonyl (C=O) groups is 1. The second-order valence-corrected chi connectivity index (χ2v) is 6.95. The van der Waals surface area contributed by atoms with Crippen molar-refractivity contribution in [2.75, 3.05) is 20.1 Å². The highest BCUT2D eigenvalue weighted by molar-refractivity contribution is 5.86. The first kappa shape index (κ1) is 20.0. The topological polar surface area (TPSA) is 65.5 Å². The molecule has 0 aliphatic rings. The zero-order chi connectivity index (χ0) is 17.8. The standard InChI is InChI=1S/C19H32N4O/c1-19(2,3)23-17(24)15-22-18(20-4)21-14-10-6-9-13-16-11-7-5-8-12-16/h5,7-8,11-12H,6,9-10,13-15H2,1-4H3,(H,23,24)(H2,20,21,22). The van der Waals surface area contributed by atoms with Gasteiger partial charge in [-0.2, -0.15) is 0 Å². The molecular weight excluding hydrogens is 300 g/mol. The van der Waals surface area contributed by atoms with Crippen LogP contribution in [0.5, 0.6) is 0 Å². The van der Waals surface area contributed by atoms with Crippen molar-refractivity contribution in [1.29, 1.82) is 0 Å². The van der Waals surface area contributed by atoms with E-state index in [0.29, 0.717) is 5.96 Å². The van der Waals surface area contributed by atoms with Crippen molar-refractivity contribution in [2.24, 2.45) is 4.99 Å². The van der Waals surface area contributed by atoms with Crippen molar-refractivity contribution in [2.45, 2.75) is 52.0 Å². The lowest BCUT2D eigenvalue weighted by atomic mass is 10.1. The van der Waals surface area contributed by atoms with Gasteiger partial charge in [0.15, 0.2) is 5.96 Å². The third-order valence-corrected chi connectivity index (χ3v) is 3.43. The molecular formula is C19H32N4O. The number of nitrogens with one attached hydrogen (secondary N) is 3. The number of carbonyl (C=O) groups excluding carboxylic acids is 1. The van der Waals surface area contributed by atoms with Gasteiger partial charge in [0.05, 0.1) is 6.54 Å². The summed E-state index contributed by atoms with van der Waals surface area (Å²) in [6, 6.07) is 10.6. The summed E-state index contributed by atoms with van der Waals surface area (Å²) in [5.41, 5.74) is 1.18. The Kier molecular flexibility index (Phi) is 8.90. The van der Waals surface area contributed by atoms with Gasteiger partial charge in [-0.3, -0.25) is 9.79 Å². The predicted octanol–water partition coefficient (Wildman–Crippen LogP) is 2.48. The second-order valence-electron chi connectivity index (χ2n) is 6.95. The van der Waals surface area contributed by atoms with E-state index in [1.165, 1.54) is 18.4 Å². The fourth-order valence-corrected chi connectivity index (χ4v) is 2.33. The maximum atomic E-state index is 11.8. The van der Waals surface area contributed by atoms with Crippen LogP contribution in [0.4, 0.5) is 0 Å². The Morgan fingerprint density at radius 3 is 2.38 bits per heavy atom. The van der Waals surface area contributed by atoms with Crippen LogP contribution in [0.1, 0.15) is 45.6 Å². The summed E-state index contributed by atoms with van der Waals surface area (Å²) < 4.78 is 0. The molecule has 5 nitrogen and oxygen atoms in total. The minimum Gasteiger partial charge on any atom is -0.356 e. The third kappa shape index (κ3) is 9.87. The van der Waals surface area contributed by atoms with Crippen LogP contribution in [0, 0.1) is 0 Å². The van der Waals surface area contributed by atoms with Gasteiger partial charge in [0.25, 0.3) is 0 Å². The summed E-state index contributed by atoms with van der Waals surface area (Å²) in [6.07, 6.45) is 4.57. The van der Waals surface area contributed by atoms with Crippen molar-refractivity contribution in [3.8, 4) is 0 Å². The second kappa shape index (κ2) is 10.7. The number of rotatable bonds is 8. The zero-order valence-electron chi connectivity index (χ0n) is 15.5. The van der Waals surface area contributed by atoms with Crippen LogP contribution in [0.15, 0.2) is 35.3 Å². The molecule has 0 aliphatic carbocycles. The summed E-state index contributed by atoms with van der Waals surface area (Å²) in [5.74, 6) is 0.635. The van der Waals surface area contributed by atoms with Crippen LogP contribution in [0.25, 0.3) is 0 Å². The molecule has 24 heavy (non-hydrogen) atoms. The molecule has 0 aliphatic heterocycles. The normalized spacial score (nSPS) is 11.9. The quantitative estimate of drug-likeness (QED) is 0.389. The van der Waals surface area contributed by atoms with E-state index >= 15 is 0 Å². The Morgan fingerprint density at radius 1 is 1.04 bits per heavy atom. The lowest BCUT2D eigenvalue weighted by Crippen LogP contribution is -2.48. The molecule has 0 unspecified atom stereocenters. The maximum Gasteiger partial charge on any atom is 0.239 e. The van der Waals surface area contributed by atoms with Gasteiger partial charge in [0.1, 0.15) is 0 Å². The smallest absolute Gasteiger partial charge is 0.239 e. The van der Waals surface area contributed by atoms with Crippen molar-refractivity contribution in [1.82, 2.24) is 16.0 Å². The highest BCUT2D eigenvalue weighted by atomic mass is 16.2. The minimum absolute atomic E-state index is 0.0340. The molecule has 1 aromatic carbocycles. The van der Waals surface area contributed by atoms with Crippen LogP contribution in [0.3, 0.4) is 0 Å². The van der Waals surface area contributed by atoms with Crippen LogP contribution in [-0.4, -0.2) is 37.5 Å². The van der Waals surface area contributed by atoms with Crippen molar-refractivity contribution in [3.05, 3.63) is 35.9 Å². The summed E-state index contributed by atoms with van der Waals surface area (Å²) in [7, 11) is 1.71. The van der Waals surface area contributed by atoms with Gasteiger partial charge < -0.3 is 16.0 Å². The molecule has 0 bridgehead atoms. The van der Waals surface area contributed by atoms with Crippen LogP contribution >= 0.6 is 0 Å². The highest BCUT2D eigenvalue weighted by Gasteiger charge is 2.13. The SMILES string of the molecule is CN=C(NCCCCCc1ccccc1)NCC(=O)NC(C)(C)C. The Hall–Kier alpha value is -2.04. The van der Waals surface area contributed by atoms with Crippen molar-refractivity contribution < 1.29 is 4.79 Å². The van der Waals surface area contributed by atoms with E-state index in [1.54, 1.807) is 7.05 Å². The number of aliphatic imine (C=N–C) groups is 1. The van der Waals surface area contributed by atoms with Gasteiger partial charge in [-0.15, -0.1) is 0 Å². The van der Waals surface area contributed by atoms with E-state index in [-0.39, 0.29) is 18.0 Å². The molecule has 1 aromatic rings. The number of aryl methyl sites for hydroxylation is 1. The monoisotopic (exact) mass is 332 g/mol. The lowest BCUT2D eigenvalue weighted by Gasteiger charge is -2.21. The van der Waals surface area contributed by atoms with Crippen molar-refractivity contribution >= 4 is 11.9 Å². The highest BCUT2D eigenvalue weighted by Crippen LogP contribution is 2.05. The largest absolute Gasteiger partial charge is 0.356 e. The molecule has 0 fully saturated rings. The Morgan fingerprint density at radius 2 is 1.75 bits per heavy atom. The number of nitrogens with zero attached hydrogens (tertiary/aromatic N) is 1. The molecule has 0 aromatic heterocycles. The first-order chi connectivity index (χ1) is 11.4. The Bertz CT molecular complexity index is 506. The van der Waals surface area contributed by atoms with Crippen LogP contribution < -0.4 is 16.0 Å². The number of hydrogen-bond acceptors (Lipinski definition) is 2. The molecule has 0 atom stereocenters. The van der Waals surface area contributed by atoms with Gasteiger partial charge in [-0.1, -0.05) is 36.8 Å². The van der Waals surface area contributed by atoms with Gasteiger partial charge >= 0.3 is 0 Å². The van der Waals surface area contributed by atoms with Gasteiger partial charge in [0.2, 0.25) is 5.91 Å². The predicted molar refractivity (Wildman–Crippen MR) is 101 cm³/mol. The summed E-state index contributed by atoms with van der Waals surface area (Å²) >= 11 is 0. The number of benzene rings is 1. The van der Waals surface area contributed by atoms with Gasteiger partial charge in [0, 0.05) is 19.1 Å². The van der Waals surface area contributed by atoms with Gasteiger partial charge in [-0.05, 0) is 45.6 Å². The number of guanidine groups is 1. The molecule has 0 saturated heterocycles. The average Bonchev–Trinajstić information content (AvgIpc) is 2.52. The Balaban J connectivity index is 2.10. The third-order valence-electron chi connectivity index (χ3n) is 3.43. The van der Waals surface area contributed by atoms with Crippen LogP contribution in [-0.2, 0) is 11.2 Å². The minimum atomic E-state index is -0.214. The molecule has 5 heteroatoms. The Labute approximate surface area is 146 Å². The summed E-state index contributed by atoms with van der Waals surface area (Å²) in [4.78, 5) is 15.9. The lowest BCUT2D eigenvalue weighted by molar-refractivity contribution is -0.121. The van der Waals surface area contributed by atoms with E-state index in [9.17, 15) is 4.79 Å². The first-order valence-electron chi connectivity index (χ1n) is 8.70. The van der Waals surface area contributed by atoms with E-state index in [2.05, 4.69) is 45.2 Å². The fourth-order valence-electron chi connectivity index (χ4n) is 2.33. The van der Waals surface area contributed by atoms with E-state index < -0.39 is 0 Å².